The fourth-order valence-corrected chi connectivity index (χ4v) is 9.47. The highest BCUT2D eigenvalue weighted by Gasteiger charge is 2.48. The minimum atomic E-state index is -3.69. The minimum Gasteiger partial charge on any atom is -0.346 e. The number of ketones is 1. The Labute approximate surface area is 307 Å². The van der Waals surface area contributed by atoms with E-state index in [1.54, 1.807) is 11.4 Å². The van der Waals surface area contributed by atoms with Crippen LogP contribution in [0.15, 0.2) is 29.0 Å². The quantitative estimate of drug-likeness (QED) is 0.156. The zero-order valence-corrected chi connectivity index (χ0v) is 33.3. The molecule has 1 fully saturated rings. The molecule has 2 aliphatic rings. The van der Waals surface area contributed by atoms with Gasteiger partial charge in [-0.3, -0.25) is 19.2 Å². The van der Waals surface area contributed by atoms with E-state index < -0.39 is 74.6 Å². The second-order valence-corrected chi connectivity index (χ2v) is 19.0. The van der Waals surface area contributed by atoms with Gasteiger partial charge in [-0.15, -0.1) is 17.9 Å². The average molecular weight is 751 g/mol. The number of fused-ring (bicyclic) bond motifs is 1. The van der Waals surface area contributed by atoms with E-state index in [1.807, 2.05) is 62.3 Å². The summed E-state index contributed by atoms with van der Waals surface area (Å²) in [6, 6.07) is -2.68. The Balaban J connectivity index is 1.83. The molecule has 5 atom stereocenters. The maximum Gasteiger partial charge on any atom is 0.315 e. The van der Waals surface area contributed by atoms with E-state index in [-0.39, 0.29) is 44.4 Å². The first-order chi connectivity index (χ1) is 23.6. The number of likely N-dealkylation sites (tertiary alicyclic amines) is 1. The highest BCUT2D eigenvalue weighted by Crippen LogP contribution is 2.36. The van der Waals surface area contributed by atoms with Crippen molar-refractivity contribution >= 4 is 50.9 Å². The number of rotatable bonds is 15. The van der Waals surface area contributed by atoms with Gasteiger partial charge in [0.1, 0.15) is 12.1 Å². The molecule has 15 heteroatoms. The molecule has 0 aliphatic carbocycles. The number of hydrogen-bond acceptors (Lipinski definition) is 8. The number of carbonyl (C=O) groups is 5. The molecule has 3 rings (SSSR count). The Bertz CT molecular complexity index is 1560. The summed E-state index contributed by atoms with van der Waals surface area (Å²) in [5, 5.41) is 12.9. The van der Waals surface area contributed by atoms with Crippen molar-refractivity contribution in [3.05, 3.63) is 29.0 Å². The van der Waals surface area contributed by atoms with Crippen molar-refractivity contribution in [3.63, 3.8) is 0 Å². The normalized spacial score (nSPS) is 20.6. The summed E-state index contributed by atoms with van der Waals surface area (Å²) < 4.78 is 27.8. The molecule has 1 aromatic heterocycles. The first-order valence-electron chi connectivity index (χ1n) is 17.8. The number of unbranched alkanes of at least 4 members (excludes halogenated alkanes) is 1. The van der Waals surface area contributed by atoms with Gasteiger partial charge in [0, 0.05) is 37.1 Å². The number of nitrogens with zero attached hydrogens (tertiary/aromatic N) is 2. The number of thiophene rings is 1. The predicted molar refractivity (Wildman–Crippen MR) is 198 cm³/mol. The van der Waals surface area contributed by atoms with Gasteiger partial charge in [-0.25, -0.2) is 13.2 Å². The van der Waals surface area contributed by atoms with Crippen molar-refractivity contribution in [1.29, 1.82) is 0 Å². The van der Waals surface area contributed by atoms with E-state index in [1.165, 1.54) is 26.6 Å². The molecule has 0 aromatic carbocycles. The molecule has 0 bridgehead atoms. The number of nitrogens with one attached hydrogen (secondary N) is 4. The third-order valence-corrected chi connectivity index (χ3v) is 12.7. The fourth-order valence-electron chi connectivity index (χ4n) is 6.55. The number of sulfonamides is 1. The third kappa shape index (κ3) is 10.2. The number of carbonyl (C=O) groups excluding carboxylic acids is 5. The van der Waals surface area contributed by atoms with Crippen LogP contribution in [0, 0.1) is 22.7 Å². The third-order valence-electron chi connectivity index (χ3n) is 9.73. The van der Waals surface area contributed by atoms with Crippen molar-refractivity contribution in [2.75, 3.05) is 19.6 Å². The number of Topliss-reactive ketones (excluding diaryl/α,β-unsaturated/α-hetero) is 1. The Hall–Kier alpha value is -3.30. The van der Waals surface area contributed by atoms with E-state index in [0.29, 0.717) is 17.7 Å². The van der Waals surface area contributed by atoms with Crippen molar-refractivity contribution in [1.82, 2.24) is 30.5 Å². The van der Waals surface area contributed by atoms with E-state index >= 15 is 0 Å². The largest absolute Gasteiger partial charge is 0.346 e. The summed E-state index contributed by atoms with van der Waals surface area (Å²) in [6.07, 6.45) is 3.62. The van der Waals surface area contributed by atoms with Gasteiger partial charge < -0.3 is 26.2 Å². The van der Waals surface area contributed by atoms with Crippen LogP contribution in [-0.2, 0) is 35.7 Å². The maximum absolute atomic E-state index is 14.4. The Morgan fingerprint density at radius 2 is 1.71 bits per heavy atom. The van der Waals surface area contributed by atoms with Crippen LogP contribution in [0.25, 0.3) is 0 Å². The standard InChI is InChI=1S/C36H58N6O7S2/c1-11-13-14-24(29(43)32(45)37-17-12-2)38-31(44)28-23(22(3)4)15-18-42(28)33(46)30(36(8,9)10)40-34(47)39-27(35(5,6)7)21-41-20-25-26(16-19-50-25)51(41,48)49/h12,16,19,22-24,27-28,30H,2,11,13-15,17-18,20-21H2,1,3-10H3,(H,37,45)(H,38,44)(H2,39,40,47)/t23?,24?,27-,28+,30-/m1/s1. The topological polar surface area (TPSA) is 174 Å². The van der Waals surface area contributed by atoms with E-state index in [4.69, 9.17) is 0 Å². The van der Waals surface area contributed by atoms with Crippen LogP contribution in [0.5, 0.6) is 0 Å². The predicted octanol–water partition coefficient (Wildman–Crippen LogP) is 3.80. The monoisotopic (exact) mass is 750 g/mol. The van der Waals surface area contributed by atoms with Crippen LogP contribution >= 0.6 is 11.3 Å². The second-order valence-electron chi connectivity index (χ2n) is 16.1. The van der Waals surface area contributed by atoms with Gasteiger partial charge in [0.05, 0.1) is 10.9 Å². The molecule has 5 amide bonds. The van der Waals surface area contributed by atoms with Crippen molar-refractivity contribution in [2.24, 2.45) is 22.7 Å². The molecular formula is C36H58N6O7S2. The molecule has 13 nitrogen and oxygen atoms in total. The summed E-state index contributed by atoms with van der Waals surface area (Å²) in [7, 11) is -3.69. The van der Waals surface area contributed by atoms with Crippen LogP contribution in [-0.4, -0.2) is 91.0 Å². The molecule has 4 N–H and O–H groups in total. The highest BCUT2D eigenvalue weighted by atomic mass is 32.2. The summed E-state index contributed by atoms with van der Waals surface area (Å²) in [5.41, 5.74) is -1.32. The molecule has 0 radical (unpaired) electrons. The summed E-state index contributed by atoms with van der Waals surface area (Å²) in [6.45, 7) is 21.3. The molecule has 286 valence electrons. The molecule has 1 aromatic rings. The Kier molecular flexibility index (Phi) is 14.1. The van der Waals surface area contributed by atoms with Gasteiger partial charge >= 0.3 is 6.03 Å². The van der Waals surface area contributed by atoms with Gasteiger partial charge in [-0.2, -0.15) is 4.31 Å². The van der Waals surface area contributed by atoms with Crippen molar-refractivity contribution in [2.45, 2.75) is 124 Å². The smallest absolute Gasteiger partial charge is 0.315 e. The summed E-state index contributed by atoms with van der Waals surface area (Å²) in [4.78, 5) is 70.4. The van der Waals surface area contributed by atoms with Crippen LogP contribution in [0.2, 0.25) is 0 Å². The van der Waals surface area contributed by atoms with Crippen molar-refractivity contribution in [3.8, 4) is 0 Å². The number of amides is 5. The minimum absolute atomic E-state index is 0.0164. The zero-order chi connectivity index (χ0) is 38.5. The van der Waals surface area contributed by atoms with E-state index in [2.05, 4.69) is 27.8 Å². The molecule has 2 unspecified atom stereocenters. The zero-order valence-electron chi connectivity index (χ0n) is 31.6. The lowest BCUT2D eigenvalue weighted by Crippen LogP contribution is -2.62. The lowest BCUT2D eigenvalue weighted by molar-refractivity contribution is -0.144. The van der Waals surface area contributed by atoms with Crippen LogP contribution < -0.4 is 21.3 Å². The highest BCUT2D eigenvalue weighted by molar-refractivity contribution is 7.89. The molecule has 2 aliphatic heterocycles. The van der Waals surface area contributed by atoms with Gasteiger partial charge in [-0.1, -0.05) is 81.2 Å². The molecule has 0 spiro atoms. The summed E-state index contributed by atoms with van der Waals surface area (Å²) >= 11 is 1.38. The first kappa shape index (κ1) is 42.1. The molecule has 0 saturated carbocycles. The number of urea groups is 1. The van der Waals surface area contributed by atoms with Gasteiger partial charge in [0.2, 0.25) is 27.6 Å². The molecule has 51 heavy (non-hydrogen) atoms. The van der Waals surface area contributed by atoms with Crippen molar-refractivity contribution < 1.29 is 32.4 Å². The second kappa shape index (κ2) is 17.0. The average Bonchev–Trinajstić information content (AvgIpc) is 3.75. The lowest BCUT2D eigenvalue weighted by atomic mass is 9.84. The molecule has 1 saturated heterocycles. The maximum atomic E-state index is 14.4. The molecule has 3 heterocycles. The SMILES string of the molecule is C=CCNC(=O)C(=O)C(CCCC)NC(=O)[C@@H]1C(C(C)C)CCN1C(=O)[C@@H](NC(=O)N[C@H](CN1Cc2sccc2S1(=O)=O)C(C)(C)C)C(C)(C)C. The molecular weight excluding hydrogens is 693 g/mol. The first-order valence-corrected chi connectivity index (χ1v) is 20.1. The van der Waals surface area contributed by atoms with E-state index in [0.717, 1.165) is 11.3 Å². The van der Waals surface area contributed by atoms with E-state index in [9.17, 15) is 32.4 Å². The Morgan fingerprint density at radius 3 is 2.25 bits per heavy atom. The number of hydrogen-bond donors (Lipinski definition) is 4. The van der Waals surface area contributed by atoms with Crippen LogP contribution in [0.1, 0.15) is 92.9 Å². The van der Waals surface area contributed by atoms with Gasteiger partial charge in [0.25, 0.3) is 5.91 Å². The fraction of sp³-hybridized carbons (Fsp3) is 0.694. The van der Waals surface area contributed by atoms with Crippen LogP contribution in [0.4, 0.5) is 4.79 Å². The Morgan fingerprint density at radius 1 is 1.04 bits per heavy atom. The lowest BCUT2D eigenvalue weighted by Gasteiger charge is -2.38. The van der Waals surface area contributed by atoms with Crippen LogP contribution in [0.3, 0.4) is 0 Å². The van der Waals surface area contributed by atoms with Gasteiger partial charge in [0.15, 0.2) is 0 Å². The van der Waals surface area contributed by atoms with Gasteiger partial charge in [-0.05, 0) is 47.0 Å². The summed E-state index contributed by atoms with van der Waals surface area (Å²) in [5.74, 6) is -2.74.